The summed E-state index contributed by atoms with van der Waals surface area (Å²) < 4.78 is 6.02. The minimum atomic E-state index is -0.552. The number of benzene rings is 1. The SMILES string of the molecule is C=CCNC(=O)c1ccc(-n2ncc(C(=O)OC)c2N)cc1. The minimum Gasteiger partial charge on any atom is -0.465 e. The van der Waals surface area contributed by atoms with Crippen molar-refractivity contribution in [2.24, 2.45) is 0 Å². The van der Waals surface area contributed by atoms with Crippen LogP contribution in [0.15, 0.2) is 43.1 Å². The number of hydrogen-bond acceptors (Lipinski definition) is 5. The number of rotatable bonds is 5. The molecule has 2 rings (SSSR count). The van der Waals surface area contributed by atoms with Gasteiger partial charge in [0.25, 0.3) is 5.91 Å². The maximum Gasteiger partial charge on any atom is 0.343 e. The molecule has 22 heavy (non-hydrogen) atoms. The lowest BCUT2D eigenvalue weighted by molar-refractivity contribution is 0.0602. The molecule has 0 saturated carbocycles. The van der Waals surface area contributed by atoms with E-state index < -0.39 is 5.97 Å². The average molecular weight is 300 g/mol. The quantitative estimate of drug-likeness (QED) is 0.637. The number of anilines is 1. The Balaban J connectivity index is 2.24. The van der Waals surface area contributed by atoms with Crippen LogP contribution in [0.1, 0.15) is 20.7 Å². The van der Waals surface area contributed by atoms with E-state index in [0.29, 0.717) is 17.8 Å². The summed E-state index contributed by atoms with van der Waals surface area (Å²) in [4.78, 5) is 23.3. The normalized spacial score (nSPS) is 10.0. The van der Waals surface area contributed by atoms with Gasteiger partial charge in [0.2, 0.25) is 0 Å². The Hall–Kier alpha value is -3.09. The lowest BCUT2D eigenvalue weighted by Gasteiger charge is -2.06. The van der Waals surface area contributed by atoms with Crippen molar-refractivity contribution in [3.63, 3.8) is 0 Å². The van der Waals surface area contributed by atoms with Crippen LogP contribution in [0, 0.1) is 0 Å². The fraction of sp³-hybridized carbons (Fsp3) is 0.133. The molecule has 0 atom stereocenters. The lowest BCUT2D eigenvalue weighted by atomic mass is 10.2. The molecular formula is C15H16N4O3. The number of aromatic nitrogens is 2. The van der Waals surface area contributed by atoms with Crippen LogP contribution in [-0.2, 0) is 4.74 Å². The monoisotopic (exact) mass is 300 g/mol. The number of carbonyl (C=O) groups excluding carboxylic acids is 2. The van der Waals surface area contributed by atoms with E-state index in [1.54, 1.807) is 30.3 Å². The van der Waals surface area contributed by atoms with E-state index in [4.69, 9.17) is 5.73 Å². The Bertz CT molecular complexity index is 704. The Kier molecular flexibility index (Phi) is 4.57. The molecule has 0 aliphatic rings. The van der Waals surface area contributed by atoms with Crippen molar-refractivity contribution in [3.8, 4) is 5.69 Å². The van der Waals surface area contributed by atoms with E-state index in [1.165, 1.54) is 18.0 Å². The molecule has 0 aliphatic heterocycles. The van der Waals surface area contributed by atoms with Crippen molar-refractivity contribution >= 4 is 17.7 Å². The van der Waals surface area contributed by atoms with Gasteiger partial charge in [-0.15, -0.1) is 6.58 Å². The molecule has 1 amide bonds. The van der Waals surface area contributed by atoms with E-state index in [2.05, 4.69) is 21.7 Å². The van der Waals surface area contributed by atoms with Gasteiger partial charge in [-0.2, -0.15) is 5.10 Å². The van der Waals surface area contributed by atoms with Crippen molar-refractivity contribution in [3.05, 3.63) is 54.2 Å². The van der Waals surface area contributed by atoms with Gasteiger partial charge in [-0.25, -0.2) is 9.48 Å². The number of amides is 1. The number of ether oxygens (including phenoxy) is 1. The van der Waals surface area contributed by atoms with E-state index >= 15 is 0 Å². The first-order valence-corrected chi connectivity index (χ1v) is 6.49. The number of hydrogen-bond donors (Lipinski definition) is 2. The molecule has 7 nitrogen and oxygen atoms in total. The van der Waals surface area contributed by atoms with Gasteiger partial charge in [-0.1, -0.05) is 6.08 Å². The molecule has 0 bridgehead atoms. The first-order valence-electron chi connectivity index (χ1n) is 6.49. The van der Waals surface area contributed by atoms with E-state index in [1.807, 2.05) is 0 Å². The van der Waals surface area contributed by atoms with Gasteiger partial charge < -0.3 is 15.8 Å². The zero-order valence-corrected chi connectivity index (χ0v) is 12.1. The molecule has 0 saturated heterocycles. The van der Waals surface area contributed by atoms with Crippen LogP contribution in [0.2, 0.25) is 0 Å². The molecule has 1 heterocycles. The largest absolute Gasteiger partial charge is 0.465 e. The highest BCUT2D eigenvalue weighted by Gasteiger charge is 2.16. The zero-order valence-electron chi connectivity index (χ0n) is 12.1. The molecule has 0 fully saturated rings. The van der Waals surface area contributed by atoms with Gasteiger partial charge in [-0.3, -0.25) is 4.79 Å². The Morgan fingerprint density at radius 3 is 2.68 bits per heavy atom. The predicted molar refractivity (Wildman–Crippen MR) is 81.8 cm³/mol. The number of methoxy groups -OCH3 is 1. The number of carbonyl (C=O) groups is 2. The third-order valence-corrected chi connectivity index (χ3v) is 2.99. The molecule has 0 spiro atoms. The van der Waals surface area contributed by atoms with Crippen molar-refractivity contribution in [2.75, 3.05) is 19.4 Å². The highest BCUT2D eigenvalue weighted by Crippen LogP contribution is 2.18. The van der Waals surface area contributed by atoms with Crippen molar-refractivity contribution in [1.29, 1.82) is 0 Å². The van der Waals surface area contributed by atoms with Crippen molar-refractivity contribution in [1.82, 2.24) is 15.1 Å². The first-order chi connectivity index (χ1) is 10.6. The van der Waals surface area contributed by atoms with Crippen LogP contribution in [-0.4, -0.2) is 35.3 Å². The van der Waals surface area contributed by atoms with Crippen LogP contribution in [0.4, 0.5) is 5.82 Å². The van der Waals surface area contributed by atoms with Gasteiger partial charge in [-0.05, 0) is 24.3 Å². The Morgan fingerprint density at radius 2 is 2.09 bits per heavy atom. The highest BCUT2D eigenvalue weighted by atomic mass is 16.5. The molecule has 1 aromatic heterocycles. The Morgan fingerprint density at radius 1 is 1.41 bits per heavy atom. The second-order valence-electron chi connectivity index (χ2n) is 4.39. The molecule has 3 N–H and O–H groups in total. The topological polar surface area (TPSA) is 99.2 Å². The maximum atomic E-state index is 11.8. The van der Waals surface area contributed by atoms with Gasteiger partial charge in [0.1, 0.15) is 11.4 Å². The average Bonchev–Trinajstić information content (AvgIpc) is 2.93. The summed E-state index contributed by atoms with van der Waals surface area (Å²) in [6, 6.07) is 6.67. The molecular weight excluding hydrogens is 284 g/mol. The second-order valence-corrected chi connectivity index (χ2v) is 4.39. The molecule has 2 aromatic rings. The number of nitrogen functional groups attached to an aromatic ring is 1. The summed E-state index contributed by atoms with van der Waals surface area (Å²) in [7, 11) is 1.27. The summed E-state index contributed by atoms with van der Waals surface area (Å²) in [5.41, 5.74) is 7.21. The number of esters is 1. The van der Waals surface area contributed by atoms with Crippen LogP contribution in [0.5, 0.6) is 0 Å². The van der Waals surface area contributed by atoms with E-state index in [0.717, 1.165) is 0 Å². The van der Waals surface area contributed by atoms with Crippen LogP contribution >= 0.6 is 0 Å². The van der Waals surface area contributed by atoms with E-state index in [-0.39, 0.29) is 17.3 Å². The number of nitrogens with one attached hydrogen (secondary N) is 1. The van der Waals surface area contributed by atoms with Crippen molar-refractivity contribution in [2.45, 2.75) is 0 Å². The summed E-state index contributed by atoms with van der Waals surface area (Å²) in [6.07, 6.45) is 2.94. The molecule has 114 valence electrons. The van der Waals surface area contributed by atoms with Gasteiger partial charge in [0.05, 0.1) is 19.0 Å². The molecule has 0 unspecified atom stereocenters. The van der Waals surface area contributed by atoms with Gasteiger partial charge >= 0.3 is 5.97 Å². The number of nitrogens with zero attached hydrogens (tertiary/aromatic N) is 2. The van der Waals surface area contributed by atoms with Crippen LogP contribution in [0.25, 0.3) is 5.69 Å². The first kappa shape index (κ1) is 15.3. The standard InChI is InChI=1S/C15H16N4O3/c1-3-8-17-14(20)10-4-6-11(7-5-10)19-13(16)12(9-18-19)15(21)22-2/h3-7,9H,1,8,16H2,2H3,(H,17,20). The third-order valence-electron chi connectivity index (χ3n) is 2.99. The second kappa shape index (κ2) is 6.57. The minimum absolute atomic E-state index is 0.177. The third kappa shape index (κ3) is 2.98. The predicted octanol–water partition coefficient (Wildman–Crippen LogP) is 1.16. The molecule has 0 aliphatic carbocycles. The summed E-state index contributed by atoms with van der Waals surface area (Å²) >= 11 is 0. The Labute approximate surface area is 127 Å². The smallest absolute Gasteiger partial charge is 0.343 e. The van der Waals surface area contributed by atoms with Crippen LogP contribution < -0.4 is 11.1 Å². The summed E-state index contributed by atoms with van der Waals surface area (Å²) in [5.74, 6) is -0.574. The van der Waals surface area contributed by atoms with Gasteiger partial charge in [0, 0.05) is 12.1 Å². The lowest BCUT2D eigenvalue weighted by Crippen LogP contribution is -2.23. The summed E-state index contributed by atoms with van der Waals surface area (Å²) in [5, 5.41) is 6.74. The summed E-state index contributed by atoms with van der Waals surface area (Å²) in [6.45, 7) is 3.93. The highest BCUT2D eigenvalue weighted by molar-refractivity contribution is 5.95. The van der Waals surface area contributed by atoms with Crippen LogP contribution in [0.3, 0.4) is 0 Å². The van der Waals surface area contributed by atoms with Crippen molar-refractivity contribution < 1.29 is 14.3 Å². The maximum absolute atomic E-state index is 11.8. The molecule has 7 heteroatoms. The van der Waals surface area contributed by atoms with E-state index in [9.17, 15) is 9.59 Å². The molecule has 0 radical (unpaired) electrons. The fourth-order valence-corrected chi connectivity index (χ4v) is 1.85. The van der Waals surface area contributed by atoms with Gasteiger partial charge in [0.15, 0.2) is 0 Å². The number of nitrogens with two attached hydrogens (primary N) is 1. The fourth-order valence-electron chi connectivity index (χ4n) is 1.85. The zero-order chi connectivity index (χ0) is 16.1. The molecule has 1 aromatic carbocycles.